The van der Waals surface area contributed by atoms with Crippen LogP contribution in [0.5, 0.6) is 5.75 Å². The molecule has 1 aliphatic heterocycles. The van der Waals surface area contributed by atoms with E-state index in [1.165, 1.54) is 23.1 Å². The number of likely N-dealkylation sites (tertiary alicyclic amines) is 1. The standard InChI is InChI=1S/C29H21BrFNO5/c30-20-12-22(33)25-19(26(20)34)11-18-15(23(25)16-7-4-8-21(31)27(16)35)9-10-17-24(18)29(37)32(28(17)36)13-14-5-2-1-3-6-14/h1-9,12,17-18,23-24,35H,10-11,13H2. The fourth-order valence-electron chi connectivity index (χ4n) is 6.31. The Bertz CT molecular complexity index is 1490. The quantitative estimate of drug-likeness (QED) is 0.338. The number of phenols is 1. The highest BCUT2D eigenvalue weighted by atomic mass is 79.9. The van der Waals surface area contributed by atoms with Crippen molar-refractivity contribution in [3.63, 3.8) is 0 Å². The van der Waals surface area contributed by atoms with Crippen molar-refractivity contribution in [3.05, 3.63) is 98.8 Å². The van der Waals surface area contributed by atoms with E-state index in [4.69, 9.17) is 0 Å². The predicted molar refractivity (Wildman–Crippen MR) is 135 cm³/mol. The Morgan fingerprint density at radius 3 is 2.49 bits per heavy atom. The zero-order valence-corrected chi connectivity index (χ0v) is 21.1. The number of aromatic hydroxyl groups is 1. The Kier molecular flexibility index (Phi) is 5.60. The van der Waals surface area contributed by atoms with E-state index in [0.717, 1.165) is 11.6 Å². The van der Waals surface area contributed by atoms with E-state index in [0.29, 0.717) is 5.57 Å². The maximum absolute atomic E-state index is 14.4. The number of halogens is 2. The maximum atomic E-state index is 14.4. The van der Waals surface area contributed by atoms with E-state index in [2.05, 4.69) is 15.9 Å². The molecular weight excluding hydrogens is 541 g/mol. The summed E-state index contributed by atoms with van der Waals surface area (Å²) in [6.07, 6.45) is 3.43. The predicted octanol–water partition coefficient (Wildman–Crippen LogP) is 4.49. The summed E-state index contributed by atoms with van der Waals surface area (Å²) in [6.45, 7) is 0.154. The molecule has 2 aromatic rings. The number of carbonyl (C=O) groups is 4. The van der Waals surface area contributed by atoms with Gasteiger partial charge in [-0.25, -0.2) is 4.39 Å². The summed E-state index contributed by atoms with van der Waals surface area (Å²) in [7, 11) is 0. The minimum atomic E-state index is -0.898. The number of fused-ring (bicyclic) bond motifs is 3. The van der Waals surface area contributed by atoms with E-state index < -0.39 is 41.0 Å². The number of rotatable bonds is 3. The number of nitrogens with zero attached hydrogens (tertiary/aromatic N) is 1. The molecule has 2 aromatic carbocycles. The van der Waals surface area contributed by atoms with E-state index >= 15 is 0 Å². The molecular formula is C29H21BrFNO5. The van der Waals surface area contributed by atoms with Crippen molar-refractivity contribution in [3.8, 4) is 5.75 Å². The number of hydrogen-bond donors (Lipinski definition) is 1. The van der Waals surface area contributed by atoms with E-state index in [1.54, 1.807) is 0 Å². The van der Waals surface area contributed by atoms with Gasteiger partial charge in [-0.2, -0.15) is 0 Å². The number of hydrogen-bond acceptors (Lipinski definition) is 5. The molecule has 1 N–H and O–H groups in total. The van der Waals surface area contributed by atoms with E-state index in [1.807, 2.05) is 36.4 Å². The van der Waals surface area contributed by atoms with Gasteiger partial charge < -0.3 is 5.11 Å². The lowest BCUT2D eigenvalue weighted by molar-refractivity contribution is -0.140. The Morgan fingerprint density at radius 1 is 0.973 bits per heavy atom. The summed E-state index contributed by atoms with van der Waals surface area (Å²) >= 11 is 3.17. The van der Waals surface area contributed by atoms with Crippen molar-refractivity contribution >= 4 is 39.3 Å². The number of para-hydroxylation sites is 1. The highest BCUT2D eigenvalue weighted by Crippen LogP contribution is 2.56. The number of allylic oxidation sites excluding steroid dienone is 6. The lowest BCUT2D eigenvalue weighted by atomic mass is 9.59. The number of phenolic OH excluding ortho intramolecular Hbond substituents is 1. The van der Waals surface area contributed by atoms with E-state index in [9.17, 15) is 28.7 Å². The summed E-state index contributed by atoms with van der Waals surface area (Å²) < 4.78 is 14.6. The molecule has 8 heteroatoms. The average Bonchev–Trinajstić information content (AvgIpc) is 3.13. The first-order valence-electron chi connectivity index (χ1n) is 12.0. The van der Waals surface area contributed by atoms with Gasteiger partial charge in [0.15, 0.2) is 23.1 Å². The van der Waals surface area contributed by atoms with Gasteiger partial charge in [0.1, 0.15) is 0 Å². The van der Waals surface area contributed by atoms with Gasteiger partial charge in [0.25, 0.3) is 0 Å². The van der Waals surface area contributed by atoms with Gasteiger partial charge in [-0.05, 0) is 46.3 Å². The highest BCUT2D eigenvalue weighted by molar-refractivity contribution is 9.12. The number of imide groups is 1. The van der Waals surface area contributed by atoms with Crippen LogP contribution in [0, 0.1) is 23.6 Å². The Morgan fingerprint density at radius 2 is 1.73 bits per heavy atom. The number of amides is 2. The van der Waals surface area contributed by atoms with Gasteiger partial charge in [0, 0.05) is 28.7 Å². The fourth-order valence-corrected chi connectivity index (χ4v) is 6.76. The number of carbonyl (C=O) groups excluding carboxylic acids is 4. The lowest BCUT2D eigenvalue weighted by Gasteiger charge is -2.42. The van der Waals surface area contributed by atoms with Gasteiger partial charge in [0.05, 0.1) is 22.9 Å². The third-order valence-corrected chi connectivity index (χ3v) is 8.52. The monoisotopic (exact) mass is 561 g/mol. The molecule has 3 aliphatic carbocycles. The van der Waals surface area contributed by atoms with Crippen LogP contribution in [-0.2, 0) is 25.7 Å². The molecule has 1 heterocycles. The number of ketones is 2. The normalized spacial score (nSPS) is 27.0. The minimum Gasteiger partial charge on any atom is -0.505 e. The van der Waals surface area contributed by atoms with Gasteiger partial charge in [-0.3, -0.25) is 24.1 Å². The van der Waals surface area contributed by atoms with Crippen molar-refractivity contribution in [2.45, 2.75) is 25.3 Å². The summed E-state index contributed by atoms with van der Waals surface area (Å²) in [4.78, 5) is 54.8. The van der Waals surface area contributed by atoms with Crippen LogP contribution < -0.4 is 0 Å². The van der Waals surface area contributed by atoms with Gasteiger partial charge in [0.2, 0.25) is 11.8 Å². The Hall–Kier alpha value is -3.65. The third kappa shape index (κ3) is 3.57. The maximum Gasteiger partial charge on any atom is 0.234 e. The van der Waals surface area contributed by atoms with Crippen LogP contribution >= 0.6 is 15.9 Å². The summed E-state index contributed by atoms with van der Waals surface area (Å²) in [6, 6.07) is 13.3. The molecule has 4 aliphatic rings. The fraction of sp³-hybridized carbons (Fsp3) is 0.241. The molecule has 1 fully saturated rings. The first-order chi connectivity index (χ1) is 17.8. The van der Waals surface area contributed by atoms with Crippen LogP contribution in [0.1, 0.15) is 29.9 Å². The zero-order valence-electron chi connectivity index (χ0n) is 19.5. The first-order valence-corrected chi connectivity index (χ1v) is 12.8. The second-order valence-electron chi connectivity index (χ2n) is 9.82. The van der Waals surface area contributed by atoms with Crippen LogP contribution in [0.3, 0.4) is 0 Å². The van der Waals surface area contributed by atoms with Crippen molar-refractivity contribution < 1.29 is 28.7 Å². The van der Waals surface area contributed by atoms with E-state index in [-0.39, 0.29) is 58.2 Å². The minimum absolute atomic E-state index is 0.109. The Labute approximate surface area is 220 Å². The topological polar surface area (TPSA) is 91.8 Å². The molecule has 37 heavy (non-hydrogen) atoms. The van der Waals surface area contributed by atoms with Crippen LogP contribution in [0.4, 0.5) is 4.39 Å². The van der Waals surface area contributed by atoms with Crippen LogP contribution in [0.2, 0.25) is 0 Å². The van der Waals surface area contributed by atoms with Gasteiger partial charge >= 0.3 is 0 Å². The molecule has 0 bridgehead atoms. The van der Waals surface area contributed by atoms with Gasteiger partial charge in [-0.1, -0.05) is 54.1 Å². The molecule has 6 nitrogen and oxygen atoms in total. The van der Waals surface area contributed by atoms with Crippen LogP contribution in [0.25, 0.3) is 0 Å². The molecule has 4 unspecified atom stereocenters. The third-order valence-electron chi connectivity index (χ3n) is 7.93. The Balaban J connectivity index is 1.47. The van der Waals surface area contributed by atoms with Crippen molar-refractivity contribution in [1.82, 2.24) is 4.90 Å². The molecule has 186 valence electrons. The first kappa shape index (κ1) is 23.7. The summed E-state index contributed by atoms with van der Waals surface area (Å²) in [5.41, 5.74) is 2.07. The van der Waals surface area contributed by atoms with Gasteiger partial charge in [-0.15, -0.1) is 0 Å². The molecule has 6 rings (SSSR count). The second-order valence-corrected chi connectivity index (χ2v) is 10.7. The lowest BCUT2D eigenvalue weighted by Crippen LogP contribution is -2.39. The summed E-state index contributed by atoms with van der Waals surface area (Å²) in [5, 5.41) is 10.6. The molecule has 0 spiro atoms. The molecule has 0 saturated carbocycles. The zero-order chi connectivity index (χ0) is 26.0. The smallest absolute Gasteiger partial charge is 0.234 e. The molecule has 2 amide bonds. The molecule has 4 atom stereocenters. The molecule has 0 aromatic heterocycles. The van der Waals surface area contributed by atoms with Crippen LogP contribution in [0.15, 0.2) is 81.9 Å². The van der Waals surface area contributed by atoms with Crippen molar-refractivity contribution in [2.24, 2.45) is 17.8 Å². The molecule has 1 saturated heterocycles. The van der Waals surface area contributed by atoms with Crippen LogP contribution in [-0.4, -0.2) is 33.4 Å². The SMILES string of the molecule is O=C1C=C(Br)C(=O)C2=C1C(c1cccc(F)c1O)C1=CCC3C(=O)N(Cc4ccccc4)C(=O)C3C1C2. The average molecular weight is 562 g/mol. The number of benzene rings is 2. The number of Topliss-reactive ketones (excluding diaryl/α,β-unsaturated/α-hetero) is 1. The van der Waals surface area contributed by atoms with Crippen molar-refractivity contribution in [1.29, 1.82) is 0 Å². The second kappa shape index (κ2) is 8.73. The largest absolute Gasteiger partial charge is 0.505 e. The van der Waals surface area contributed by atoms with Crippen molar-refractivity contribution in [2.75, 3.05) is 0 Å². The molecule has 0 radical (unpaired) electrons. The summed E-state index contributed by atoms with van der Waals surface area (Å²) in [5.74, 6) is -5.54. The highest BCUT2D eigenvalue weighted by Gasteiger charge is 2.56.